The van der Waals surface area contributed by atoms with Crippen LogP contribution in [0.2, 0.25) is 0 Å². The second-order valence-corrected chi connectivity index (χ2v) is 6.28. The fourth-order valence-corrected chi connectivity index (χ4v) is 2.05. The molecule has 0 aliphatic rings. The number of hydrogen-bond acceptors (Lipinski definition) is 3. The summed E-state index contributed by atoms with van der Waals surface area (Å²) < 4.78 is 6.02. The van der Waals surface area contributed by atoms with Gasteiger partial charge in [-0.2, -0.15) is 0 Å². The Labute approximate surface area is 127 Å². The summed E-state index contributed by atoms with van der Waals surface area (Å²) in [6.45, 7) is 9.86. The molecular weight excluding hydrogens is 260 g/mol. The molecule has 21 heavy (non-hydrogen) atoms. The van der Waals surface area contributed by atoms with Gasteiger partial charge in [0.1, 0.15) is 12.4 Å². The number of benzene rings is 1. The molecule has 0 bridgehead atoms. The molecule has 3 nitrogen and oxygen atoms in total. The van der Waals surface area contributed by atoms with Gasteiger partial charge in [0, 0.05) is 23.8 Å². The lowest BCUT2D eigenvalue weighted by atomic mass is 10.1. The van der Waals surface area contributed by atoms with E-state index in [-0.39, 0.29) is 5.54 Å². The fraction of sp³-hybridized carbons (Fsp3) is 0.389. The number of nitrogens with zero attached hydrogens (tertiary/aromatic N) is 1. The molecule has 0 radical (unpaired) electrons. The van der Waals surface area contributed by atoms with Crippen molar-refractivity contribution in [2.75, 3.05) is 0 Å². The van der Waals surface area contributed by atoms with E-state index < -0.39 is 0 Å². The van der Waals surface area contributed by atoms with Gasteiger partial charge in [-0.15, -0.1) is 0 Å². The Balaban J connectivity index is 2.10. The number of nitrogens with one attached hydrogen (secondary N) is 1. The van der Waals surface area contributed by atoms with Crippen LogP contribution in [-0.2, 0) is 13.2 Å². The van der Waals surface area contributed by atoms with Crippen molar-refractivity contribution in [3.8, 4) is 5.75 Å². The first-order valence-corrected chi connectivity index (χ1v) is 7.32. The Hall–Kier alpha value is -1.87. The van der Waals surface area contributed by atoms with E-state index >= 15 is 0 Å². The highest BCUT2D eigenvalue weighted by molar-refractivity contribution is 5.40. The Kier molecular flexibility index (Phi) is 4.97. The zero-order valence-electron chi connectivity index (χ0n) is 13.3. The lowest BCUT2D eigenvalue weighted by molar-refractivity contribution is 0.293. The lowest BCUT2D eigenvalue weighted by Crippen LogP contribution is -2.35. The minimum absolute atomic E-state index is 0.0853. The van der Waals surface area contributed by atoms with Gasteiger partial charge in [-0.3, -0.25) is 4.98 Å². The van der Waals surface area contributed by atoms with Crippen LogP contribution in [0.15, 0.2) is 42.6 Å². The third kappa shape index (κ3) is 4.87. The quantitative estimate of drug-likeness (QED) is 0.905. The molecule has 0 unspecified atom stereocenters. The summed E-state index contributed by atoms with van der Waals surface area (Å²) in [5.74, 6) is 0.958. The van der Waals surface area contributed by atoms with Gasteiger partial charge in [-0.05, 0) is 45.4 Å². The van der Waals surface area contributed by atoms with Gasteiger partial charge >= 0.3 is 0 Å². The van der Waals surface area contributed by atoms with E-state index in [1.807, 2.05) is 18.2 Å². The Morgan fingerprint density at radius 3 is 2.57 bits per heavy atom. The number of rotatable bonds is 5. The molecule has 0 aliphatic heterocycles. The first-order valence-electron chi connectivity index (χ1n) is 7.32. The fourth-order valence-electron chi connectivity index (χ4n) is 2.05. The van der Waals surface area contributed by atoms with Gasteiger partial charge < -0.3 is 10.1 Å². The number of pyridine rings is 1. The smallest absolute Gasteiger partial charge is 0.130 e. The number of hydrogen-bond donors (Lipinski definition) is 1. The molecule has 0 aliphatic carbocycles. The number of aromatic nitrogens is 1. The normalized spacial score (nSPS) is 11.4. The molecular formula is C18H24N2O. The minimum Gasteiger partial charge on any atom is -0.487 e. The highest BCUT2D eigenvalue weighted by Gasteiger charge is 2.12. The molecule has 1 aromatic carbocycles. The molecule has 2 rings (SSSR count). The highest BCUT2D eigenvalue weighted by Crippen LogP contribution is 2.24. The van der Waals surface area contributed by atoms with Gasteiger partial charge in [0.05, 0.1) is 5.69 Å². The molecule has 112 valence electrons. The first-order chi connectivity index (χ1) is 9.96. The topological polar surface area (TPSA) is 34.1 Å². The zero-order valence-corrected chi connectivity index (χ0v) is 13.3. The van der Waals surface area contributed by atoms with Crippen LogP contribution in [0, 0.1) is 6.92 Å². The zero-order chi connectivity index (χ0) is 15.3. The van der Waals surface area contributed by atoms with Crippen LogP contribution in [0.5, 0.6) is 5.75 Å². The van der Waals surface area contributed by atoms with Gasteiger partial charge in [0.15, 0.2) is 0 Å². The van der Waals surface area contributed by atoms with E-state index in [4.69, 9.17) is 4.74 Å². The van der Waals surface area contributed by atoms with Crippen LogP contribution in [0.1, 0.15) is 37.6 Å². The maximum atomic E-state index is 6.02. The summed E-state index contributed by atoms with van der Waals surface area (Å²) in [6.07, 6.45) is 1.79. The Morgan fingerprint density at radius 2 is 1.90 bits per heavy atom. The molecule has 2 aromatic rings. The van der Waals surface area contributed by atoms with E-state index in [1.165, 1.54) is 5.56 Å². The van der Waals surface area contributed by atoms with E-state index in [1.54, 1.807) is 6.20 Å². The molecule has 0 fully saturated rings. The van der Waals surface area contributed by atoms with Crippen molar-refractivity contribution >= 4 is 0 Å². The third-order valence-corrected chi connectivity index (χ3v) is 3.19. The largest absolute Gasteiger partial charge is 0.487 e. The number of aryl methyl sites for hydroxylation is 1. The van der Waals surface area contributed by atoms with Crippen LogP contribution in [0.25, 0.3) is 0 Å². The second-order valence-electron chi connectivity index (χ2n) is 6.28. The van der Waals surface area contributed by atoms with Crippen molar-refractivity contribution in [2.24, 2.45) is 0 Å². The Morgan fingerprint density at radius 1 is 1.10 bits per heavy atom. The summed E-state index contributed by atoms with van der Waals surface area (Å²) in [7, 11) is 0. The van der Waals surface area contributed by atoms with E-state index in [2.05, 4.69) is 56.2 Å². The summed E-state index contributed by atoms with van der Waals surface area (Å²) >= 11 is 0. The van der Waals surface area contributed by atoms with Gasteiger partial charge in [0.25, 0.3) is 0 Å². The molecule has 0 saturated heterocycles. The Bertz CT molecular complexity index is 574. The molecule has 0 amide bonds. The average Bonchev–Trinajstić information content (AvgIpc) is 2.44. The predicted octanol–water partition coefficient (Wildman–Crippen LogP) is 3.86. The standard InChI is InChI=1S/C18H24N2O/c1-14-8-7-9-15(12-20-18(2,3)4)17(14)21-13-16-10-5-6-11-19-16/h5-11,20H,12-13H2,1-4H3. The molecule has 0 spiro atoms. The minimum atomic E-state index is 0.0853. The molecule has 1 heterocycles. The van der Waals surface area contributed by atoms with Crippen molar-refractivity contribution in [2.45, 2.75) is 46.4 Å². The van der Waals surface area contributed by atoms with Crippen molar-refractivity contribution in [3.05, 3.63) is 59.4 Å². The second kappa shape index (κ2) is 6.72. The van der Waals surface area contributed by atoms with E-state index in [0.29, 0.717) is 6.61 Å². The lowest BCUT2D eigenvalue weighted by Gasteiger charge is -2.22. The van der Waals surface area contributed by atoms with E-state index in [0.717, 1.165) is 23.6 Å². The molecule has 0 saturated carbocycles. The summed E-state index contributed by atoms with van der Waals surface area (Å²) in [4.78, 5) is 4.30. The summed E-state index contributed by atoms with van der Waals surface area (Å²) in [5.41, 5.74) is 3.36. The van der Waals surface area contributed by atoms with Crippen molar-refractivity contribution in [1.82, 2.24) is 10.3 Å². The highest BCUT2D eigenvalue weighted by atomic mass is 16.5. The number of ether oxygens (including phenoxy) is 1. The molecule has 3 heteroatoms. The maximum absolute atomic E-state index is 6.02. The molecule has 0 atom stereocenters. The SMILES string of the molecule is Cc1cccc(CNC(C)(C)C)c1OCc1ccccn1. The third-order valence-electron chi connectivity index (χ3n) is 3.19. The first kappa shape index (κ1) is 15.5. The maximum Gasteiger partial charge on any atom is 0.130 e. The van der Waals surface area contributed by atoms with Crippen LogP contribution >= 0.6 is 0 Å². The summed E-state index contributed by atoms with van der Waals surface area (Å²) in [6, 6.07) is 12.1. The van der Waals surface area contributed by atoms with Crippen molar-refractivity contribution in [1.29, 1.82) is 0 Å². The molecule has 1 aromatic heterocycles. The van der Waals surface area contributed by atoms with Crippen LogP contribution in [-0.4, -0.2) is 10.5 Å². The van der Waals surface area contributed by atoms with Crippen molar-refractivity contribution < 1.29 is 4.74 Å². The van der Waals surface area contributed by atoms with Crippen molar-refractivity contribution in [3.63, 3.8) is 0 Å². The van der Waals surface area contributed by atoms with Gasteiger partial charge in [-0.25, -0.2) is 0 Å². The van der Waals surface area contributed by atoms with Crippen LogP contribution < -0.4 is 10.1 Å². The monoisotopic (exact) mass is 284 g/mol. The summed E-state index contributed by atoms with van der Waals surface area (Å²) in [5, 5.41) is 3.51. The van der Waals surface area contributed by atoms with E-state index in [9.17, 15) is 0 Å². The molecule has 1 N–H and O–H groups in total. The van der Waals surface area contributed by atoms with Gasteiger partial charge in [-0.1, -0.05) is 24.3 Å². The van der Waals surface area contributed by atoms with Crippen LogP contribution in [0.3, 0.4) is 0 Å². The average molecular weight is 284 g/mol. The van der Waals surface area contributed by atoms with Gasteiger partial charge in [0.2, 0.25) is 0 Å². The van der Waals surface area contributed by atoms with Crippen LogP contribution in [0.4, 0.5) is 0 Å². The predicted molar refractivity (Wildman–Crippen MR) is 86.3 cm³/mol. The number of para-hydroxylation sites is 1.